The lowest BCUT2D eigenvalue weighted by molar-refractivity contribution is -0.142. The number of hydrogen-bond donors (Lipinski definition) is 2. The Morgan fingerprint density at radius 2 is 1.00 bits per heavy atom. The van der Waals surface area contributed by atoms with E-state index in [1.807, 2.05) is 97.1 Å². The number of carboxylic acids is 1. The normalized spacial score (nSPS) is 13.8. The van der Waals surface area contributed by atoms with Crippen molar-refractivity contribution in [2.45, 2.75) is 30.7 Å². The first-order chi connectivity index (χ1) is 21.0. The second-order valence-corrected chi connectivity index (χ2v) is 10.8. The Labute approximate surface area is 249 Å². The van der Waals surface area contributed by atoms with E-state index in [2.05, 4.69) is 0 Å². The first kappa shape index (κ1) is 28.2. The van der Waals surface area contributed by atoms with E-state index in [9.17, 15) is 19.5 Å². The molecule has 0 saturated heterocycles. The summed E-state index contributed by atoms with van der Waals surface area (Å²) in [5.74, 6) is -1.85. The molecule has 3 N–H and O–H groups in total. The van der Waals surface area contributed by atoms with Crippen molar-refractivity contribution < 1.29 is 29.0 Å². The summed E-state index contributed by atoms with van der Waals surface area (Å²) in [5, 5.41) is 10.1. The van der Waals surface area contributed by atoms with E-state index in [0.29, 0.717) is 11.3 Å². The molecule has 43 heavy (non-hydrogen) atoms. The molecule has 0 bridgehead atoms. The summed E-state index contributed by atoms with van der Waals surface area (Å²) in [6, 6.07) is 30.1. The molecular weight excluding hydrogens is 544 g/mol. The summed E-state index contributed by atoms with van der Waals surface area (Å²) in [5.41, 5.74) is 13.9. The van der Waals surface area contributed by atoms with Crippen molar-refractivity contribution in [1.29, 1.82) is 0 Å². The van der Waals surface area contributed by atoms with Crippen LogP contribution >= 0.6 is 0 Å². The van der Waals surface area contributed by atoms with Gasteiger partial charge in [0.15, 0.2) is 0 Å². The van der Waals surface area contributed by atoms with Crippen molar-refractivity contribution in [3.63, 3.8) is 0 Å². The zero-order chi connectivity index (χ0) is 29.9. The van der Waals surface area contributed by atoms with Gasteiger partial charge in [-0.3, -0.25) is 0 Å². The minimum atomic E-state index is -1.49. The van der Waals surface area contributed by atoms with E-state index in [4.69, 9.17) is 15.2 Å². The van der Waals surface area contributed by atoms with Crippen molar-refractivity contribution in [2.75, 3.05) is 19.8 Å². The van der Waals surface area contributed by atoms with Crippen LogP contribution in [-0.4, -0.2) is 54.0 Å². The summed E-state index contributed by atoms with van der Waals surface area (Å²) < 4.78 is 11.4. The van der Waals surface area contributed by atoms with Gasteiger partial charge in [-0.25, -0.2) is 14.4 Å². The number of rotatable bonds is 9. The molecular formula is C35H32N2O6. The molecule has 1 atom stereocenters. The zero-order valence-corrected chi connectivity index (χ0v) is 23.5. The summed E-state index contributed by atoms with van der Waals surface area (Å²) in [7, 11) is 0. The molecule has 4 aromatic rings. The van der Waals surface area contributed by atoms with Crippen LogP contribution in [0.5, 0.6) is 0 Å². The number of ether oxygens (including phenoxy) is 2. The largest absolute Gasteiger partial charge is 0.480 e. The Morgan fingerprint density at radius 3 is 1.33 bits per heavy atom. The molecule has 0 unspecified atom stereocenters. The summed E-state index contributed by atoms with van der Waals surface area (Å²) in [4.78, 5) is 40.1. The molecule has 0 saturated carbocycles. The highest BCUT2D eigenvalue weighted by molar-refractivity contribution is 5.93. The number of benzene rings is 4. The average molecular weight is 577 g/mol. The van der Waals surface area contributed by atoms with Gasteiger partial charge in [0, 0.05) is 11.8 Å². The van der Waals surface area contributed by atoms with Crippen LogP contribution in [0.2, 0.25) is 0 Å². The standard InChI is InChI=1S/C35H32N2O6/c36-19-9-18-32(33(38)39)37(34(40)42-20-30-26-14-5-1-10-22(26)23-11-2-6-15-27(23)30)35(41)43-21-31-28-16-7-3-12-24(28)25-13-4-8-17-29(25)31/h1-8,10-17,30-32H,9,18-21,36H2,(H,38,39)/t32-/m1/s1. The topological polar surface area (TPSA) is 119 Å². The number of carboxylic acid groups (broad SMARTS) is 1. The summed E-state index contributed by atoms with van der Waals surface area (Å²) >= 11 is 0. The maximum atomic E-state index is 13.6. The first-order valence-corrected chi connectivity index (χ1v) is 14.4. The maximum absolute atomic E-state index is 13.6. The molecule has 4 aromatic carbocycles. The van der Waals surface area contributed by atoms with E-state index in [0.717, 1.165) is 44.5 Å². The third kappa shape index (κ3) is 5.26. The molecule has 8 heteroatoms. The summed E-state index contributed by atoms with van der Waals surface area (Å²) in [6.45, 7) is 0.0689. The Balaban J connectivity index is 1.23. The quantitative estimate of drug-likeness (QED) is 0.237. The van der Waals surface area contributed by atoms with Crippen molar-refractivity contribution >= 4 is 18.2 Å². The van der Waals surface area contributed by atoms with Crippen LogP contribution in [0.25, 0.3) is 22.3 Å². The number of fused-ring (bicyclic) bond motifs is 6. The van der Waals surface area contributed by atoms with Crippen molar-refractivity contribution in [1.82, 2.24) is 4.90 Å². The van der Waals surface area contributed by atoms with E-state index >= 15 is 0 Å². The smallest absolute Gasteiger partial charge is 0.420 e. The number of hydrogen-bond acceptors (Lipinski definition) is 6. The summed E-state index contributed by atoms with van der Waals surface area (Å²) in [6.07, 6.45) is -1.87. The Morgan fingerprint density at radius 1 is 0.651 bits per heavy atom. The van der Waals surface area contributed by atoms with Gasteiger partial charge >= 0.3 is 18.2 Å². The SMILES string of the molecule is NCCC[C@H](C(=O)O)N(C(=O)OCC1c2ccccc2-c2ccccc21)C(=O)OCC1c2ccccc2-c2ccccc21. The van der Waals surface area contributed by atoms with Crippen LogP contribution in [-0.2, 0) is 14.3 Å². The zero-order valence-electron chi connectivity index (χ0n) is 23.5. The lowest BCUT2D eigenvalue weighted by Gasteiger charge is -2.27. The van der Waals surface area contributed by atoms with Crippen LogP contribution in [0.1, 0.15) is 46.9 Å². The number of imide groups is 1. The van der Waals surface area contributed by atoms with Gasteiger partial charge in [0.05, 0.1) is 0 Å². The van der Waals surface area contributed by atoms with Crippen LogP contribution in [0.4, 0.5) is 9.59 Å². The minimum Gasteiger partial charge on any atom is -0.480 e. The van der Waals surface area contributed by atoms with Crippen LogP contribution in [0.15, 0.2) is 97.1 Å². The van der Waals surface area contributed by atoms with Crippen molar-refractivity contribution in [3.8, 4) is 22.3 Å². The fourth-order valence-electron chi connectivity index (χ4n) is 6.33. The highest BCUT2D eigenvalue weighted by Crippen LogP contribution is 2.45. The van der Waals surface area contributed by atoms with E-state index < -0.39 is 24.2 Å². The Bertz CT molecular complexity index is 1480. The van der Waals surface area contributed by atoms with Gasteiger partial charge < -0.3 is 20.3 Å². The molecule has 2 amide bonds. The van der Waals surface area contributed by atoms with Crippen molar-refractivity contribution in [2.24, 2.45) is 5.73 Å². The van der Waals surface area contributed by atoms with Gasteiger partial charge in [-0.05, 0) is 63.9 Å². The molecule has 0 aliphatic heterocycles. The van der Waals surface area contributed by atoms with E-state index in [1.54, 1.807) is 0 Å². The second kappa shape index (κ2) is 12.1. The molecule has 0 heterocycles. The van der Waals surface area contributed by atoms with Gasteiger partial charge in [-0.2, -0.15) is 4.90 Å². The third-order valence-corrected chi connectivity index (χ3v) is 8.34. The van der Waals surface area contributed by atoms with Crippen LogP contribution in [0.3, 0.4) is 0 Å². The molecule has 6 rings (SSSR count). The molecule has 0 radical (unpaired) electrons. The third-order valence-electron chi connectivity index (χ3n) is 8.34. The molecule has 0 fully saturated rings. The van der Waals surface area contributed by atoms with Gasteiger partial charge in [0.1, 0.15) is 19.3 Å². The molecule has 0 spiro atoms. The first-order valence-electron chi connectivity index (χ1n) is 14.4. The molecule has 2 aliphatic rings. The monoisotopic (exact) mass is 576 g/mol. The molecule has 218 valence electrons. The highest BCUT2D eigenvalue weighted by atomic mass is 16.6. The fourth-order valence-corrected chi connectivity index (χ4v) is 6.33. The van der Waals surface area contributed by atoms with E-state index in [1.165, 1.54) is 0 Å². The number of amides is 2. The number of carbonyl (C=O) groups is 3. The average Bonchev–Trinajstić information content (AvgIpc) is 3.53. The predicted octanol–water partition coefficient (Wildman–Crippen LogP) is 6.38. The highest BCUT2D eigenvalue weighted by Gasteiger charge is 2.39. The predicted molar refractivity (Wildman–Crippen MR) is 162 cm³/mol. The molecule has 0 aromatic heterocycles. The van der Waals surface area contributed by atoms with E-state index in [-0.39, 0.29) is 38.0 Å². The number of aliphatic carboxylic acids is 1. The van der Waals surface area contributed by atoms with Gasteiger partial charge in [-0.1, -0.05) is 97.1 Å². The minimum absolute atomic E-state index is 0.0276. The number of carbonyl (C=O) groups excluding carboxylic acids is 2. The number of nitrogens with zero attached hydrogens (tertiary/aromatic N) is 1. The Kier molecular flexibility index (Phi) is 7.94. The molecule has 8 nitrogen and oxygen atoms in total. The van der Waals surface area contributed by atoms with Crippen LogP contribution in [0, 0.1) is 0 Å². The fraction of sp³-hybridized carbons (Fsp3) is 0.229. The lowest BCUT2D eigenvalue weighted by Crippen LogP contribution is -2.49. The van der Waals surface area contributed by atoms with Gasteiger partial charge in [0.25, 0.3) is 0 Å². The second-order valence-electron chi connectivity index (χ2n) is 10.8. The van der Waals surface area contributed by atoms with Gasteiger partial charge in [-0.15, -0.1) is 0 Å². The maximum Gasteiger partial charge on any atom is 0.420 e. The van der Waals surface area contributed by atoms with Crippen LogP contribution < -0.4 is 5.73 Å². The lowest BCUT2D eigenvalue weighted by atomic mass is 9.98. The molecule has 2 aliphatic carbocycles. The van der Waals surface area contributed by atoms with Crippen molar-refractivity contribution in [3.05, 3.63) is 119 Å². The number of nitrogens with two attached hydrogens (primary N) is 1. The van der Waals surface area contributed by atoms with Gasteiger partial charge in [0.2, 0.25) is 0 Å². The Hall–Kier alpha value is -4.95.